The van der Waals surface area contributed by atoms with Crippen LogP contribution in [0.2, 0.25) is 5.02 Å². The van der Waals surface area contributed by atoms with Crippen LogP contribution in [0.15, 0.2) is 76.1 Å². The molecule has 0 radical (unpaired) electrons. The second-order valence-corrected chi connectivity index (χ2v) is 7.02. The molecule has 30 heavy (non-hydrogen) atoms. The molecule has 3 aromatic carbocycles. The number of nitro groups is 1. The summed E-state index contributed by atoms with van der Waals surface area (Å²) < 4.78 is 5.82. The van der Waals surface area contributed by atoms with Crippen LogP contribution in [-0.2, 0) is 0 Å². The van der Waals surface area contributed by atoms with Gasteiger partial charge >= 0.3 is 0 Å². The lowest BCUT2D eigenvalue weighted by Crippen LogP contribution is -1.90. The lowest BCUT2D eigenvalue weighted by atomic mass is 10.1. The topological polar surface area (TPSA) is 81.5 Å². The number of fused-ring (bicyclic) bond motifs is 1. The summed E-state index contributed by atoms with van der Waals surface area (Å²) in [6, 6.07) is 17.6. The lowest BCUT2D eigenvalue weighted by Gasteiger charge is -2.02. The van der Waals surface area contributed by atoms with E-state index in [1.807, 2.05) is 25.1 Å². The maximum absolute atomic E-state index is 11.1. The van der Waals surface area contributed by atoms with Gasteiger partial charge in [-0.15, -0.1) is 0 Å². The molecule has 0 saturated carbocycles. The number of aliphatic imine (C=N–C) groups is 1. The van der Waals surface area contributed by atoms with Gasteiger partial charge in [0.1, 0.15) is 5.52 Å². The lowest BCUT2D eigenvalue weighted by molar-refractivity contribution is -0.385. The van der Waals surface area contributed by atoms with E-state index in [0.717, 1.165) is 16.8 Å². The van der Waals surface area contributed by atoms with Gasteiger partial charge in [-0.25, -0.2) is 4.98 Å². The molecule has 0 amide bonds. The Hall–Kier alpha value is -3.77. The van der Waals surface area contributed by atoms with Crippen molar-refractivity contribution in [2.75, 3.05) is 0 Å². The number of allylic oxidation sites excluding steroid dienone is 1. The van der Waals surface area contributed by atoms with Gasteiger partial charge in [-0.1, -0.05) is 29.8 Å². The molecule has 1 aromatic heterocycles. The highest BCUT2D eigenvalue weighted by atomic mass is 35.5. The van der Waals surface area contributed by atoms with Crippen LogP contribution in [0, 0.1) is 17.0 Å². The maximum atomic E-state index is 11.1. The van der Waals surface area contributed by atoms with Crippen LogP contribution in [0.5, 0.6) is 0 Å². The van der Waals surface area contributed by atoms with E-state index in [4.69, 9.17) is 16.0 Å². The van der Waals surface area contributed by atoms with Crippen LogP contribution in [0.3, 0.4) is 0 Å². The number of aromatic nitrogens is 1. The number of benzene rings is 3. The zero-order valence-corrected chi connectivity index (χ0v) is 16.7. The third-order valence-electron chi connectivity index (χ3n) is 4.51. The third kappa shape index (κ3) is 4.14. The summed E-state index contributed by atoms with van der Waals surface area (Å²) in [5, 5.41) is 11.7. The van der Waals surface area contributed by atoms with Gasteiger partial charge in [-0.05, 0) is 61.0 Å². The van der Waals surface area contributed by atoms with Gasteiger partial charge in [0.05, 0.1) is 16.2 Å². The first-order valence-electron chi connectivity index (χ1n) is 9.12. The first-order chi connectivity index (χ1) is 14.5. The number of rotatable bonds is 5. The van der Waals surface area contributed by atoms with Crippen LogP contribution in [0.25, 0.3) is 28.6 Å². The molecule has 0 aliphatic carbocycles. The molecule has 0 bridgehead atoms. The maximum Gasteiger partial charge on any atom is 0.276 e. The van der Waals surface area contributed by atoms with Gasteiger partial charge < -0.3 is 4.42 Å². The fraction of sp³-hybridized carbons (Fsp3) is 0.0435. The van der Waals surface area contributed by atoms with Gasteiger partial charge in [0.15, 0.2) is 5.58 Å². The zero-order chi connectivity index (χ0) is 21.1. The Morgan fingerprint density at radius 1 is 1.13 bits per heavy atom. The average Bonchev–Trinajstić information content (AvgIpc) is 3.15. The number of halogens is 1. The van der Waals surface area contributed by atoms with Crippen molar-refractivity contribution in [3.8, 4) is 11.5 Å². The molecule has 0 fully saturated rings. The van der Waals surface area contributed by atoms with Crippen molar-refractivity contribution < 1.29 is 9.34 Å². The highest BCUT2D eigenvalue weighted by Gasteiger charge is 2.11. The number of nitrogens with zero attached hydrogens (tertiary/aromatic N) is 3. The van der Waals surface area contributed by atoms with E-state index in [1.54, 1.807) is 54.8 Å². The Balaban J connectivity index is 1.60. The van der Waals surface area contributed by atoms with Gasteiger partial charge in [0.2, 0.25) is 5.89 Å². The Morgan fingerprint density at radius 3 is 2.80 bits per heavy atom. The molecule has 0 aliphatic rings. The van der Waals surface area contributed by atoms with Crippen molar-refractivity contribution in [3.63, 3.8) is 0 Å². The van der Waals surface area contributed by atoms with Crippen molar-refractivity contribution in [1.29, 1.82) is 0 Å². The molecule has 0 N–H and O–H groups in total. The molecule has 1 heterocycles. The summed E-state index contributed by atoms with van der Waals surface area (Å²) >= 11 is 6.02. The highest BCUT2D eigenvalue weighted by Crippen LogP contribution is 2.30. The average molecular weight is 418 g/mol. The third-order valence-corrected chi connectivity index (χ3v) is 4.75. The predicted octanol–water partition coefficient (Wildman–Crippen LogP) is 6.78. The summed E-state index contributed by atoms with van der Waals surface area (Å²) in [5.74, 6) is 0.485. The van der Waals surface area contributed by atoms with Crippen LogP contribution in [0.1, 0.15) is 11.1 Å². The van der Waals surface area contributed by atoms with Crippen molar-refractivity contribution in [3.05, 3.63) is 93.0 Å². The molecule has 0 atom stereocenters. The predicted molar refractivity (Wildman–Crippen MR) is 119 cm³/mol. The number of nitro benzene ring substituents is 1. The summed E-state index contributed by atoms with van der Waals surface area (Å²) in [4.78, 5) is 19.7. The Labute approximate surface area is 177 Å². The Kier molecular flexibility index (Phi) is 5.41. The molecule has 0 spiro atoms. The normalized spacial score (nSPS) is 11.7. The first kappa shape index (κ1) is 19.5. The smallest absolute Gasteiger partial charge is 0.276 e. The molecule has 148 valence electrons. The number of oxazole rings is 1. The molecule has 0 unspecified atom stereocenters. The fourth-order valence-electron chi connectivity index (χ4n) is 2.97. The van der Waals surface area contributed by atoms with Crippen molar-refractivity contribution in [2.45, 2.75) is 6.92 Å². The number of para-hydroxylation sites is 1. The minimum Gasteiger partial charge on any atom is -0.436 e. The minimum atomic E-state index is -0.405. The quantitative estimate of drug-likeness (QED) is 0.203. The Morgan fingerprint density at radius 2 is 1.97 bits per heavy atom. The van der Waals surface area contributed by atoms with Crippen LogP contribution < -0.4 is 0 Å². The standard InChI is InChI=1S/C23H16ClN3O3/c1-15-8-9-17(23-26-20-14-18(24)10-11-22(20)30-23)13-19(15)25-12-4-6-16-5-2-3-7-21(16)27(28)29/h2-14H,1H3/b6-4+,25-12?. The van der Waals surface area contributed by atoms with Gasteiger partial charge in [-0.3, -0.25) is 15.1 Å². The second-order valence-electron chi connectivity index (χ2n) is 6.59. The van der Waals surface area contributed by atoms with Gasteiger partial charge in [0.25, 0.3) is 5.69 Å². The monoisotopic (exact) mass is 417 g/mol. The number of hydrogen-bond donors (Lipinski definition) is 0. The van der Waals surface area contributed by atoms with E-state index in [0.29, 0.717) is 27.6 Å². The molecule has 0 aliphatic heterocycles. The van der Waals surface area contributed by atoms with E-state index in [1.165, 1.54) is 6.07 Å². The number of hydrogen-bond acceptors (Lipinski definition) is 5. The largest absolute Gasteiger partial charge is 0.436 e. The molecule has 4 aromatic rings. The minimum absolute atomic E-state index is 0.0522. The molecule has 4 rings (SSSR count). The molecule has 0 saturated heterocycles. The molecular weight excluding hydrogens is 402 g/mol. The van der Waals surface area contributed by atoms with Gasteiger partial charge in [0, 0.05) is 22.9 Å². The Bertz CT molecular complexity index is 1310. The zero-order valence-electron chi connectivity index (χ0n) is 15.9. The molecule has 7 heteroatoms. The van der Waals surface area contributed by atoms with Crippen LogP contribution in [-0.4, -0.2) is 16.1 Å². The molecule has 6 nitrogen and oxygen atoms in total. The van der Waals surface area contributed by atoms with Crippen molar-refractivity contribution >= 4 is 46.4 Å². The first-order valence-corrected chi connectivity index (χ1v) is 9.50. The summed E-state index contributed by atoms with van der Waals surface area (Å²) in [6.07, 6.45) is 4.94. The van der Waals surface area contributed by atoms with Crippen molar-refractivity contribution in [2.24, 2.45) is 4.99 Å². The summed E-state index contributed by atoms with van der Waals surface area (Å²) in [5.41, 5.74) is 4.44. The van der Waals surface area contributed by atoms with Crippen LogP contribution in [0.4, 0.5) is 11.4 Å². The van der Waals surface area contributed by atoms with E-state index >= 15 is 0 Å². The van der Waals surface area contributed by atoms with E-state index in [-0.39, 0.29) is 5.69 Å². The van der Waals surface area contributed by atoms with Crippen LogP contribution >= 0.6 is 11.6 Å². The van der Waals surface area contributed by atoms with Gasteiger partial charge in [-0.2, -0.15) is 0 Å². The highest BCUT2D eigenvalue weighted by molar-refractivity contribution is 6.31. The van der Waals surface area contributed by atoms with E-state index in [9.17, 15) is 10.1 Å². The SMILES string of the molecule is Cc1ccc(-c2nc3cc(Cl)ccc3o2)cc1N=C/C=C/c1ccccc1[N+](=O)[O-]. The summed E-state index contributed by atoms with van der Waals surface area (Å²) in [6.45, 7) is 1.95. The molecular formula is C23H16ClN3O3. The number of aryl methyl sites for hydroxylation is 1. The second kappa shape index (κ2) is 8.31. The fourth-order valence-corrected chi connectivity index (χ4v) is 3.14. The van der Waals surface area contributed by atoms with Crippen molar-refractivity contribution in [1.82, 2.24) is 4.98 Å². The van der Waals surface area contributed by atoms with E-state index < -0.39 is 4.92 Å². The summed E-state index contributed by atoms with van der Waals surface area (Å²) in [7, 11) is 0. The van der Waals surface area contributed by atoms with E-state index in [2.05, 4.69) is 9.98 Å².